The Morgan fingerprint density at radius 1 is 1.23 bits per heavy atom. The minimum absolute atomic E-state index is 0.0388. The quantitative estimate of drug-likeness (QED) is 0.860. The highest BCUT2D eigenvalue weighted by molar-refractivity contribution is 8.00. The second-order valence-electron chi connectivity index (χ2n) is 6.67. The largest absolute Gasteiger partial charge is 0.332 e. The summed E-state index contributed by atoms with van der Waals surface area (Å²) >= 11 is 1.50. The smallest absolute Gasteiger partial charge is 0.254 e. The molecule has 26 heavy (non-hydrogen) atoms. The minimum atomic E-state index is -0.276. The molecule has 6 heteroatoms. The van der Waals surface area contributed by atoms with E-state index in [1.807, 2.05) is 24.0 Å². The van der Waals surface area contributed by atoms with Gasteiger partial charge in [0.15, 0.2) is 0 Å². The van der Waals surface area contributed by atoms with E-state index >= 15 is 0 Å². The highest BCUT2D eigenvalue weighted by Crippen LogP contribution is 2.38. The van der Waals surface area contributed by atoms with E-state index in [-0.39, 0.29) is 28.9 Å². The third kappa shape index (κ3) is 3.09. The molecule has 0 bridgehead atoms. The fourth-order valence-electron chi connectivity index (χ4n) is 3.55. The van der Waals surface area contributed by atoms with Crippen molar-refractivity contribution in [1.29, 1.82) is 0 Å². The molecule has 4 rings (SSSR count). The van der Waals surface area contributed by atoms with Crippen LogP contribution in [0.3, 0.4) is 0 Å². The Morgan fingerprint density at radius 2 is 2.00 bits per heavy atom. The van der Waals surface area contributed by atoms with Crippen LogP contribution in [0.1, 0.15) is 41.7 Å². The molecule has 0 aromatic heterocycles. The van der Waals surface area contributed by atoms with Crippen molar-refractivity contribution >= 4 is 29.3 Å². The van der Waals surface area contributed by atoms with Crippen molar-refractivity contribution in [2.45, 2.75) is 36.0 Å². The summed E-state index contributed by atoms with van der Waals surface area (Å²) in [6.45, 7) is 2.54. The molecule has 2 aromatic rings. The van der Waals surface area contributed by atoms with E-state index in [2.05, 4.69) is 5.32 Å². The summed E-state index contributed by atoms with van der Waals surface area (Å²) in [5, 5.41) is 2.74. The molecular weight excluding hydrogens is 351 g/mol. The lowest BCUT2D eigenvalue weighted by atomic mass is 10.0. The van der Waals surface area contributed by atoms with Crippen LogP contribution in [-0.4, -0.2) is 28.5 Å². The maximum Gasteiger partial charge on any atom is 0.254 e. The van der Waals surface area contributed by atoms with Gasteiger partial charge in [-0.1, -0.05) is 12.1 Å². The van der Waals surface area contributed by atoms with Crippen molar-refractivity contribution in [2.75, 3.05) is 11.9 Å². The van der Waals surface area contributed by atoms with Gasteiger partial charge in [0, 0.05) is 17.0 Å². The van der Waals surface area contributed by atoms with Crippen molar-refractivity contribution in [1.82, 2.24) is 4.90 Å². The number of rotatable bonds is 2. The molecule has 4 nitrogen and oxygen atoms in total. The van der Waals surface area contributed by atoms with Crippen molar-refractivity contribution < 1.29 is 14.0 Å². The summed E-state index contributed by atoms with van der Waals surface area (Å²) in [5.74, 6) is -0.378. The first-order valence-electron chi connectivity index (χ1n) is 8.71. The van der Waals surface area contributed by atoms with E-state index in [1.54, 1.807) is 18.2 Å². The highest BCUT2D eigenvalue weighted by atomic mass is 32.2. The van der Waals surface area contributed by atoms with Crippen molar-refractivity contribution in [3.8, 4) is 0 Å². The summed E-state index contributed by atoms with van der Waals surface area (Å²) < 4.78 is 13.2. The van der Waals surface area contributed by atoms with Gasteiger partial charge in [0.25, 0.3) is 5.91 Å². The molecule has 0 aliphatic carbocycles. The number of carbonyl (C=O) groups is 2. The number of nitrogens with one attached hydrogen (secondary N) is 1. The molecule has 1 saturated heterocycles. The average Bonchev–Trinajstić information content (AvgIpc) is 3.12. The molecule has 134 valence electrons. The normalized spacial score (nSPS) is 22.1. The number of thioether (sulfide) groups is 1. The lowest BCUT2D eigenvalue weighted by Gasteiger charge is -2.26. The van der Waals surface area contributed by atoms with Gasteiger partial charge in [-0.15, -0.1) is 11.8 Å². The Morgan fingerprint density at radius 3 is 2.77 bits per heavy atom. The number of likely N-dealkylation sites (tertiary alicyclic amines) is 1. The molecule has 2 unspecified atom stereocenters. The second kappa shape index (κ2) is 6.76. The third-order valence-corrected chi connectivity index (χ3v) is 6.10. The molecule has 1 N–H and O–H groups in total. The highest BCUT2D eigenvalue weighted by Gasteiger charge is 2.31. The van der Waals surface area contributed by atoms with Crippen LogP contribution in [0, 0.1) is 5.82 Å². The number of nitrogens with zero attached hydrogens (tertiary/aromatic N) is 1. The van der Waals surface area contributed by atoms with E-state index in [1.165, 1.54) is 23.9 Å². The third-order valence-electron chi connectivity index (χ3n) is 4.93. The summed E-state index contributed by atoms with van der Waals surface area (Å²) in [6, 6.07) is 11.8. The van der Waals surface area contributed by atoms with Crippen LogP contribution in [0.15, 0.2) is 47.4 Å². The summed E-state index contributed by atoms with van der Waals surface area (Å²) in [6.07, 6.45) is 1.79. The monoisotopic (exact) mass is 370 g/mol. The van der Waals surface area contributed by atoms with E-state index in [4.69, 9.17) is 0 Å². The predicted molar refractivity (Wildman–Crippen MR) is 99.8 cm³/mol. The summed E-state index contributed by atoms with van der Waals surface area (Å²) in [7, 11) is 0. The zero-order chi connectivity index (χ0) is 18.3. The van der Waals surface area contributed by atoms with Gasteiger partial charge in [0.05, 0.1) is 17.0 Å². The van der Waals surface area contributed by atoms with Crippen molar-refractivity contribution in [3.05, 3.63) is 59.4 Å². The number of benzene rings is 2. The first kappa shape index (κ1) is 17.1. The molecule has 0 saturated carbocycles. The fraction of sp³-hybridized carbons (Fsp3) is 0.300. The van der Waals surface area contributed by atoms with Crippen LogP contribution in [0.5, 0.6) is 0 Å². The van der Waals surface area contributed by atoms with E-state index < -0.39 is 0 Å². The number of carbonyl (C=O) groups excluding carboxylic acids is 2. The first-order valence-corrected chi connectivity index (χ1v) is 9.59. The molecule has 2 amide bonds. The lowest BCUT2D eigenvalue weighted by molar-refractivity contribution is -0.115. The van der Waals surface area contributed by atoms with Crippen LogP contribution in [0.25, 0.3) is 0 Å². The Hall–Kier alpha value is -2.34. The van der Waals surface area contributed by atoms with Gasteiger partial charge in [0.1, 0.15) is 5.82 Å². The maximum atomic E-state index is 13.2. The van der Waals surface area contributed by atoms with Gasteiger partial charge in [-0.05, 0) is 55.7 Å². The van der Waals surface area contributed by atoms with Crippen LogP contribution >= 0.6 is 11.8 Å². The van der Waals surface area contributed by atoms with Crippen molar-refractivity contribution in [2.24, 2.45) is 0 Å². The number of amides is 2. The Labute approximate surface area is 155 Å². The second-order valence-corrected chi connectivity index (χ2v) is 8.05. The van der Waals surface area contributed by atoms with Crippen LogP contribution < -0.4 is 5.32 Å². The fourth-order valence-corrected chi connectivity index (χ4v) is 4.48. The van der Waals surface area contributed by atoms with Crippen LogP contribution in [0.2, 0.25) is 0 Å². The number of hydrogen-bond donors (Lipinski definition) is 1. The number of anilines is 1. The first-order chi connectivity index (χ1) is 12.5. The number of hydrogen-bond acceptors (Lipinski definition) is 3. The van der Waals surface area contributed by atoms with Gasteiger partial charge in [-0.3, -0.25) is 9.59 Å². The maximum absolute atomic E-state index is 13.2. The molecule has 0 spiro atoms. The molecule has 2 heterocycles. The Balaban J connectivity index is 1.60. The Kier molecular flexibility index (Phi) is 4.44. The molecule has 2 aliphatic rings. The van der Waals surface area contributed by atoms with Gasteiger partial charge in [-0.25, -0.2) is 4.39 Å². The summed E-state index contributed by atoms with van der Waals surface area (Å²) in [4.78, 5) is 27.8. The van der Waals surface area contributed by atoms with Gasteiger partial charge >= 0.3 is 0 Å². The average molecular weight is 370 g/mol. The summed E-state index contributed by atoms with van der Waals surface area (Å²) in [5.41, 5.74) is 2.21. The zero-order valence-corrected chi connectivity index (χ0v) is 15.2. The van der Waals surface area contributed by atoms with E-state index in [9.17, 15) is 14.0 Å². The van der Waals surface area contributed by atoms with Crippen LogP contribution in [-0.2, 0) is 4.79 Å². The molecule has 2 aromatic carbocycles. The van der Waals surface area contributed by atoms with Gasteiger partial charge in [-0.2, -0.15) is 0 Å². The van der Waals surface area contributed by atoms with E-state index in [0.717, 1.165) is 23.3 Å². The lowest BCUT2D eigenvalue weighted by Crippen LogP contribution is -2.31. The molecule has 2 atom stereocenters. The van der Waals surface area contributed by atoms with Gasteiger partial charge < -0.3 is 10.2 Å². The number of halogens is 1. The molecule has 1 fully saturated rings. The van der Waals surface area contributed by atoms with E-state index in [0.29, 0.717) is 17.8 Å². The topological polar surface area (TPSA) is 49.4 Å². The van der Waals surface area contributed by atoms with Crippen LogP contribution in [0.4, 0.5) is 10.1 Å². The predicted octanol–water partition coefficient (Wildman–Crippen LogP) is 4.24. The molecule has 0 radical (unpaired) electrons. The molecule has 2 aliphatic heterocycles. The van der Waals surface area contributed by atoms with Gasteiger partial charge in [0.2, 0.25) is 5.91 Å². The number of fused-ring (bicyclic) bond motifs is 1. The zero-order valence-electron chi connectivity index (χ0n) is 14.4. The van der Waals surface area contributed by atoms with Crippen molar-refractivity contribution in [3.63, 3.8) is 0 Å². The standard InChI is InChI=1S/C20H19FN2O2S/c1-12-19(24)22-16-11-14(6-9-18(16)26-12)20(25)23-10-2-3-17(23)13-4-7-15(21)8-5-13/h4-9,11-12,17H,2-3,10H2,1H3,(H,22,24). The molecular formula is C20H19FN2O2S. The SMILES string of the molecule is CC1Sc2ccc(C(=O)N3CCCC3c3ccc(F)cc3)cc2NC1=O. The minimum Gasteiger partial charge on any atom is -0.332 e. The Bertz CT molecular complexity index is 869.